The number of likely N-dealkylation sites (tertiary alicyclic amines) is 1. The average molecular weight is 470 g/mol. The number of hydrogen-bond donors (Lipinski definition) is 2. The van der Waals surface area contributed by atoms with Gasteiger partial charge in [0.05, 0.1) is 18.6 Å². The third-order valence-electron chi connectivity index (χ3n) is 6.11. The summed E-state index contributed by atoms with van der Waals surface area (Å²) in [7, 11) is 1.53. The van der Waals surface area contributed by atoms with Crippen molar-refractivity contribution in [3.8, 4) is 11.8 Å². The van der Waals surface area contributed by atoms with Crippen LogP contribution in [0.25, 0.3) is 11.0 Å². The molecule has 1 saturated heterocycles. The summed E-state index contributed by atoms with van der Waals surface area (Å²) in [5.74, 6) is -0.240. The minimum atomic E-state index is -0.905. The largest absolute Gasteiger partial charge is 0.497 e. The molecule has 1 aromatic carbocycles. The van der Waals surface area contributed by atoms with E-state index in [1.165, 1.54) is 7.11 Å². The Kier molecular flexibility index (Phi) is 7.82. The van der Waals surface area contributed by atoms with Crippen LogP contribution < -0.4 is 21.1 Å². The number of aromatic nitrogens is 1. The Balaban J connectivity index is 1.87. The van der Waals surface area contributed by atoms with E-state index in [2.05, 4.69) is 33.5 Å². The quantitative estimate of drug-likeness (QED) is 0.604. The summed E-state index contributed by atoms with van der Waals surface area (Å²) in [4.78, 5) is 31.9. The fraction of sp³-hybridized carbons (Fsp3) is 0.600. The lowest BCUT2D eigenvalue weighted by Gasteiger charge is -2.39. The molecule has 1 fully saturated rings. The maximum atomic E-state index is 13.5. The van der Waals surface area contributed by atoms with Crippen molar-refractivity contribution in [3.05, 3.63) is 28.7 Å². The fourth-order valence-electron chi connectivity index (χ4n) is 4.34. The Hall–Kier alpha value is -3.12. The molecule has 1 aliphatic rings. The first kappa shape index (κ1) is 25.5. The minimum Gasteiger partial charge on any atom is -0.497 e. The molecule has 1 aromatic heterocycles. The molecule has 3 rings (SSSR count). The second kappa shape index (κ2) is 10.4. The highest BCUT2D eigenvalue weighted by Gasteiger charge is 2.38. The number of fused-ring (bicyclic) bond motifs is 1. The van der Waals surface area contributed by atoms with Gasteiger partial charge >= 0.3 is 5.76 Å². The van der Waals surface area contributed by atoms with Crippen LogP contribution in [-0.4, -0.2) is 54.1 Å². The number of nitriles is 1. The molecular weight excluding hydrogens is 434 g/mol. The number of nitrogens with zero attached hydrogens (tertiary/aromatic N) is 3. The Labute approximate surface area is 200 Å². The van der Waals surface area contributed by atoms with Gasteiger partial charge in [-0.05, 0) is 49.8 Å². The third-order valence-corrected chi connectivity index (χ3v) is 6.11. The Morgan fingerprint density at radius 3 is 2.65 bits per heavy atom. The molecule has 2 heterocycles. The smallest absolute Gasteiger partial charge is 0.441 e. The number of carbonyl (C=O) groups is 1. The third kappa shape index (κ3) is 6.26. The molecule has 1 atom stereocenters. The topological polar surface area (TPSA) is 120 Å². The SMILES string of the molecule is CCCN1CCC(C#N)(NC(=O)[C@H](CC(C)(C)C)Nc2nc(=O)oc3cc(OC)ccc23)CC1. The number of hydrogen-bond acceptors (Lipinski definition) is 8. The van der Waals surface area contributed by atoms with Crippen molar-refractivity contribution in [2.45, 2.75) is 65.0 Å². The highest BCUT2D eigenvalue weighted by atomic mass is 16.5. The van der Waals surface area contributed by atoms with Crippen molar-refractivity contribution in [1.29, 1.82) is 5.26 Å². The summed E-state index contributed by atoms with van der Waals surface area (Å²) < 4.78 is 10.5. The molecule has 184 valence electrons. The predicted octanol–water partition coefficient (Wildman–Crippen LogP) is 3.30. The predicted molar refractivity (Wildman–Crippen MR) is 131 cm³/mol. The van der Waals surface area contributed by atoms with E-state index in [4.69, 9.17) is 9.15 Å². The first-order valence-corrected chi connectivity index (χ1v) is 11.8. The van der Waals surface area contributed by atoms with E-state index in [-0.39, 0.29) is 17.1 Å². The fourth-order valence-corrected chi connectivity index (χ4v) is 4.34. The molecule has 34 heavy (non-hydrogen) atoms. The molecule has 1 amide bonds. The van der Waals surface area contributed by atoms with Crippen molar-refractivity contribution in [1.82, 2.24) is 15.2 Å². The van der Waals surface area contributed by atoms with Gasteiger partial charge in [-0.25, -0.2) is 4.79 Å². The van der Waals surface area contributed by atoms with Crippen LogP contribution in [0.15, 0.2) is 27.4 Å². The zero-order chi connectivity index (χ0) is 24.9. The van der Waals surface area contributed by atoms with Gasteiger partial charge in [0.2, 0.25) is 5.91 Å². The summed E-state index contributed by atoms with van der Waals surface area (Å²) in [6.45, 7) is 10.8. The number of nitrogens with one attached hydrogen (secondary N) is 2. The molecule has 9 nitrogen and oxygen atoms in total. The van der Waals surface area contributed by atoms with Crippen LogP contribution in [0.2, 0.25) is 0 Å². The summed E-state index contributed by atoms with van der Waals surface area (Å²) in [5, 5.41) is 16.7. The monoisotopic (exact) mass is 469 g/mol. The van der Waals surface area contributed by atoms with Gasteiger partial charge in [-0.3, -0.25) is 4.79 Å². The van der Waals surface area contributed by atoms with Crippen LogP contribution in [0.4, 0.5) is 5.82 Å². The van der Waals surface area contributed by atoms with Crippen LogP contribution in [0.5, 0.6) is 5.75 Å². The van der Waals surface area contributed by atoms with Gasteiger partial charge in [0, 0.05) is 19.2 Å². The molecule has 0 unspecified atom stereocenters. The molecule has 0 saturated carbocycles. The van der Waals surface area contributed by atoms with Crippen LogP contribution >= 0.6 is 0 Å². The zero-order valence-corrected chi connectivity index (χ0v) is 20.7. The number of piperidine rings is 1. The normalized spacial score (nSPS) is 17.1. The van der Waals surface area contributed by atoms with Gasteiger partial charge in [0.25, 0.3) is 0 Å². The van der Waals surface area contributed by atoms with Gasteiger partial charge in [0.1, 0.15) is 28.7 Å². The van der Waals surface area contributed by atoms with E-state index in [1.807, 2.05) is 20.8 Å². The Morgan fingerprint density at radius 1 is 1.35 bits per heavy atom. The van der Waals surface area contributed by atoms with Crippen LogP contribution in [0.1, 0.15) is 53.4 Å². The summed E-state index contributed by atoms with van der Waals surface area (Å²) in [6, 6.07) is 6.75. The molecule has 0 aliphatic carbocycles. The maximum absolute atomic E-state index is 13.5. The van der Waals surface area contributed by atoms with Gasteiger partial charge in [-0.15, -0.1) is 0 Å². The molecule has 0 spiro atoms. The van der Waals surface area contributed by atoms with Crippen molar-refractivity contribution in [3.63, 3.8) is 0 Å². The first-order chi connectivity index (χ1) is 16.1. The van der Waals surface area contributed by atoms with E-state index < -0.39 is 17.3 Å². The Bertz CT molecular complexity index is 1110. The molecule has 9 heteroatoms. The summed E-state index contributed by atoms with van der Waals surface area (Å²) >= 11 is 0. The van der Waals surface area contributed by atoms with Gasteiger partial charge in [-0.2, -0.15) is 10.2 Å². The highest BCUT2D eigenvalue weighted by Crippen LogP contribution is 2.29. The van der Waals surface area contributed by atoms with E-state index >= 15 is 0 Å². The second-order valence-corrected chi connectivity index (χ2v) is 10.2. The van der Waals surface area contributed by atoms with Crippen LogP contribution in [0, 0.1) is 16.7 Å². The number of anilines is 1. The highest BCUT2D eigenvalue weighted by molar-refractivity contribution is 5.92. The molecule has 2 aromatic rings. The van der Waals surface area contributed by atoms with Crippen molar-refractivity contribution in [2.75, 3.05) is 32.1 Å². The molecule has 2 N–H and O–H groups in total. The lowest BCUT2D eigenvalue weighted by molar-refractivity contribution is -0.124. The van der Waals surface area contributed by atoms with E-state index in [9.17, 15) is 14.9 Å². The molecular formula is C25H35N5O4. The number of amides is 1. The van der Waals surface area contributed by atoms with E-state index in [1.54, 1.807) is 18.2 Å². The average Bonchev–Trinajstić information content (AvgIpc) is 2.78. The summed E-state index contributed by atoms with van der Waals surface area (Å²) in [5.41, 5.74) is -0.788. The number of benzene rings is 1. The van der Waals surface area contributed by atoms with Crippen molar-refractivity contribution < 1.29 is 13.9 Å². The lowest BCUT2D eigenvalue weighted by Crippen LogP contribution is -2.57. The number of methoxy groups -OCH3 is 1. The second-order valence-electron chi connectivity index (χ2n) is 10.2. The van der Waals surface area contributed by atoms with Crippen molar-refractivity contribution >= 4 is 22.7 Å². The van der Waals surface area contributed by atoms with Crippen LogP contribution in [-0.2, 0) is 4.79 Å². The zero-order valence-electron chi connectivity index (χ0n) is 20.7. The van der Waals surface area contributed by atoms with Crippen molar-refractivity contribution in [2.24, 2.45) is 5.41 Å². The van der Waals surface area contributed by atoms with Gasteiger partial charge < -0.3 is 24.7 Å². The summed E-state index contributed by atoms with van der Waals surface area (Å²) in [6.07, 6.45) is 2.68. The van der Waals surface area contributed by atoms with Crippen LogP contribution in [0.3, 0.4) is 0 Å². The van der Waals surface area contributed by atoms with E-state index in [0.717, 1.165) is 26.1 Å². The number of rotatable bonds is 8. The number of ether oxygens (including phenoxy) is 1. The first-order valence-electron chi connectivity index (χ1n) is 11.8. The standard InChI is InChI=1S/C25H35N5O4/c1-6-11-30-12-9-25(16-26,10-13-30)29-22(31)19(15-24(2,3)4)27-21-18-8-7-17(33-5)14-20(18)34-23(32)28-21/h7-8,14,19H,6,9-13,15H2,1-5H3,(H,29,31)(H,27,28,32)/t19-/m0/s1. The molecule has 0 bridgehead atoms. The van der Waals surface area contributed by atoms with Gasteiger partial charge in [-0.1, -0.05) is 27.7 Å². The molecule has 0 radical (unpaired) electrons. The lowest BCUT2D eigenvalue weighted by atomic mass is 9.85. The minimum absolute atomic E-state index is 0.197. The number of carbonyl (C=O) groups excluding carboxylic acids is 1. The van der Waals surface area contributed by atoms with Gasteiger partial charge in [0.15, 0.2) is 0 Å². The maximum Gasteiger partial charge on any atom is 0.441 e. The van der Waals surface area contributed by atoms with E-state index in [0.29, 0.717) is 36.0 Å². The molecule has 1 aliphatic heterocycles. The Morgan fingerprint density at radius 2 is 2.06 bits per heavy atom.